The molecule has 3 rings (SSSR count). The number of hydrogen-bond acceptors (Lipinski definition) is 1. The Labute approximate surface area is 124 Å². The van der Waals surface area contributed by atoms with Crippen molar-refractivity contribution in [2.24, 2.45) is 5.41 Å². The first kappa shape index (κ1) is 14.1. The zero-order valence-corrected chi connectivity index (χ0v) is 13.1. The molecular formula is C19H29N. The number of hydrogen-bond donors (Lipinski definition) is 1. The SMILES string of the molecule is CC1(C)CCCC(c2ccccc2C2CCNCC2)C1. The molecule has 0 spiro atoms. The molecule has 0 aromatic heterocycles. The molecule has 1 saturated carbocycles. The maximum absolute atomic E-state index is 3.50. The molecule has 0 radical (unpaired) electrons. The molecule has 0 amide bonds. The van der Waals surface area contributed by atoms with Gasteiger partial charge in [-0.15, -0.1) is 0 Å². The number of nitrogens with one attached hydrogen (secondary N) is 1. The molecule has 1 atom stereocenters. The summed E-state index contributed by atoms with van der Waals surface area (Å²) < 4.78 is 0. The second-order valence-electron chi connectivity index (χ2n) is 7.61. The van der Waals surface area contributed by atoms with Crippen molar-refractivity contribution in [2.75, 3.05) is 13.1 Å². The van der Waals surface area contributed by atoms with Gasteiger partial charge in [0.1, 0.15) is 0 Å². The van der Waals surface area contributed by atoms with Crippen molar-refractivity contribution in [2.45, 2.75) is 64.2 Å². The van der Waals surface area contributed by atoms with Crippen LogP contribution in [0.25, 0.3) is 0 Å². The predicted octanol–water partition coefficient (Wildman–Crippen LogP) is 4.84. The fraction of sp³-hybridized carbons (Fsp3) is 0.684. The van der Waals surface area contributed by atoms with Crippen molar-refractivity contribution >= 4 is 0 Å². The van der Waals surface area contributed by atoms with E-state index in [-0.39, 0.29) is 0 Å². The highest BCUT2D eigenvalue weighted by molar-refractivity contribution is 5.34. The minimum Gasteiger partial charge on any atom is -0.317 e. The van der Waals surface area contributed by atoms with E-state index in [1.165, 1.54) is 51.6 Å². The first-order valence-electron chi connectivity index (χ1n) is 8.45. The largest absolute Gasteiger partial charge is 0.317 e. The summed E-state index contributed by atoms with van der Waals surface area (Å²) in [6.45, 7) is 7.28. The summed E-state index contributed by atoms with van der Waals surface area (Å²) in [6, 6.07) is 9.33. The fourth-order valence-corrected chi connectivity index (χ4v) is 4.35. The summed E-state index contributed by atoms with van der Waals surface area (Å²) in [5.74, 6) is 1.59. The molecule has 2 aliphatic rings. The second kappa shape index (κ2) is 5.89. The average molecular weight is 271 g/mol. The molecule has 1 heteroatoms. The summed E-state index contributed by atoms with van der Waals surface area (Å²) in [7, 11) is 0. The van der Waals surface area contributed by atoms with E-state index in [1.807, 2.05) is 0 Å². The molecule has 1 N–H and O–H groups in total. The van der Waals surface area contributed by atoms with Crippen molar-refractivity contribution in [1.82, 2.24) is 5.32 Å². The molecule has 2 fully saturated rings. The van der Waals surface area contributed by atoms with E-state index >= 15 is 0 Å². The van der Waals surface area contributed by atoms with Gasteiger partial charge in [-0.05, 0) is 73.6 Å². The molecular weight excluding hydrogens is 242 g/mol. The van der Waals surface area contributed by atoms with Crippen LogP contribution < -0.4 is 5.32 Å². The Kier molecular flexibility index (Phi) is 4.16. The van der Waals surface area contributed by atoms with Crippen LogP contribution in [0.2, 0.25) is 0 Å². The minimum absolute atomic E-state index is 0.532. The Morgan fingerprint density at radius 2 is 1.60 bits per heavy atom. The summed E-state index contributed by atoms with van der Waals surface area (Å²) >= 11 is 0. The van der Waals surface area contributed by atoms with E-state index in [4.69, 9.17) is 0 Å². The molecule has 1 saturated heterocycles. The van der Waals surface area contributed by atoms with Gasteiger partial charge >= 0.3 is 0 Å². The van der Waals surface area contributed by atoms with Crippen LogP contribution in [0.1, 0.15) is 75.3 Å². The molecule has 1 nitrogen and oxygen atoms in total. The third-order valence-corrected chi connectivity index (χ3v) is 5.42. The number of piperidine rings is 1. The van der Waals surface area contributed by atoms with Gasteiger partial charge in [-0.1, -0.05) is 44.5 Å². The van der Waals surface area contributed by atoms with E-state index in [0.29, 0.717) is 5.41 Å². The zero-order valence-electron chi connectivity index (χ0n) is 13.1. The first-order chi connectivity index (χ1) is 9.66. The van der Waals surface area contributed by atoms with E-state index in [1.54, 1.807) is 11.1 Å². The minimum atomic E-state index is 0.532. The maximum atomic E-state index is 3.50. The van der Waals surface area contributed by atoms with Crippen molar-refractivity contribution in [3.63, 3.8) is 0 Å². The van der Waals surface area contributed by atoms with Crippen molar-refractivity contribution in [3.05, 3.63) is 35.4 Å². The lowest BCUT2D eigenvalue weighted by atomic mass is 9.68. The smallest absolute Gasteiger partial charge is 0.00431 e. The predicted molar refractivity (Wildman–Crippen MR) is 86.3 cm³/mol. The summed E-state index contributed by atoms with van der Waals surface area (Å²) in [4.78, 5) is 0. The lowest BCUT2D eigenvalue weighted by Crippen LogP contribution is -2.28. The Balaban J connectivity index is 1.85. The van der Waals surface area contributed by atoms with Gasteiger partial charge < -0.3 is 5.32 Å². The van der Waals surface area contributed by atoms with Gasteiger partial charge in [0.15, 0.2) is 0 Å². The van der Waals surface area contributed by atoms with Gasteiger partial charge in [0, 0.05) is 0 Å². The second-order valence-corrected chi connectivity index (χ2v) is 7.61. The van der Waals surface area contributed by atoms with Crippen molar-refractivity contribution in [1.29, 1.82) is 0 Å². The Hall–Kier alpha value is -0.820. The Morgan fingerprint density at radius 1 is 0.950 bits per heavy atom. The Bertz CT molecular complexity index is 443. The van der Waals surface area contributed by atoms with Crippen LogP contribution in [0.15, 0.2) is 24.3 Å². The van der Waals surface area contributed by atoms with Crippen LogP contribution in [0.3, 0.4) is 0 Å². The summed E-state index contributed by atoms with van der Waals surface area (Å²) in [6.07, 6.45) is 8.19. The molecule has 20 heavy (non-hydrogen) atoms. The molecule has 1 aliphatic carbocycles. The molecule has 1 aliphatic heterocycles. The van der Waals surface area contributed by atoms with Crippen molar-refractivity contribution in [3.8, 4) is 0 Å². The van der Waals surface area contributed by atoms with Gasteiger partial charge in [0.25, 0.3) is 0 Å². The number of rotatable bonds is 2. The van der Waals surface area contributed by atoms with Gasteiger partial charge in [0.05, 0.1) is 0 Å². The van der Waals surface area contributed by atoms with E-state index < -0.39 is 0 Å². The molecule has 1 aromatic carbocycles. The molecule has 1 aromatic rings. The number of benzene rings is 1. The summed E-state index contributed by atoms with van der Waals surface area (Å²) in [5, 5.41) is 3.50. The molecule has 0 bridgehead atoms. The van der Waals surface area contributed by atoms with Crippen LogP contribution in [-0.2, 0) is 0 Å². The van der Waals surface area contributed by atoms with Crippen LogP contribution in [0.5, 0.6) is 0 Å². The quantitative estimate of drug-likeness (QED) is 0.811. The first-order valence-corrected chi connectivity index (χ1v) is 8.45. The fourth-order valence-electron chi connectivity index (χ4n) is 4.35. The van der Waals surface area contributed by atoms with E-state index in [0.717, 1.165) is 11.8 Å². The van der Waals surface area contributed by atoms with Crippen LogP contribution >= 0.6 is 0 Å². The maximum Gasteiger partial charge on any atom is -0.00431 e. The zero-order chi connectivity index (χ0) is 14.0. The highest BCUT2D eigenvalue weighted by Gasteiger charge is 2.31. The standard InChI is InChI=1S/C19H29N/c1-19(2)11-5-6-16(14-19)18-8-4-3-7-17(18)15-9-12-20-13-10-15/h3-4,7-8,15-16,20H,5-6,9-14H2,1-2H3. The van der Waals surface area contributed by atoms with Crippen molar-refractivity contribution < 1.29 is 0 Å². The van der Waals surface area contributed by atoms with Gasteiger partial charge in [0.2, 0.25) is 0 Å². The van der Waals surface area contributed by atoms with Gasteiger partial charge in [-0.25, -0.2) is 0 Å². The molecule has 1 unspecified atom stereocenters. The summed E-state index contributed by atoms with van der Waals surface area (Å²) in [5.41, 5.74) is 3.87. The molecule has 110 valence electrons. The van der Waals surface area contributed by atoms with Crippen LogP contribution in [0, 0.1) is 5.41 Å². The van der Waals surface area contributed by atoms with Crippen LogP contribution in [0.4, 0.5) is 0 Å². The topological polar surface area (TPSA) is 12.0 Å². The van der Waals surface area contributed by atoms with Crippen LogP contribution in [-0.4, -0.2) is 13.1 Å². The van der Waals surface area contributed by atoms with E-state index in [2.05, 4.69) is 43.4 Å². The third-order valence-electron chi connectivity index (χ3n) is 5.42. The van der Waals surface area contributed by atoms with Gasteiger partial charge in [-0.3, -0.25) is 0 Å². The highest BCUT2D eigenvalue weighted by atomic mass is 14.9. The third kappa shape index (κ3) is 3.09. The highest BCUT2D eigenvalue weighted by Crippen LogP contribution is 2.45. The van der Waals surface area contributed by atoms with Gasteiger partial charge in [-0.2, -0.15) is 0 Å². The normalized spacial score (nSPS) is 27.4. The lowest BCUT2D eigenvalue weighted by Gasteiger charge is -2.37. The Morgan fingerprint density at radius 3 is 2.25 bits per heavy atom. The average Bonchev–Trinajstić information content (AvgIpc) is 2.47. The van der Waals surface area contributed by atoms with E-state index in [9.17, 15) is 0 Å². The monoisotopic (exact) mass is 271 g/mol. The molecule has 1 heterocycles. The lowest BCUT2D eigenvalue weighted by molar-refractivity contribution is 0.218.